The van der Waals surface area contributed by atoms with Gasteiger partial charge in [-0.05, 0) is 28.9 Å². The predicted octanol–water partition coefficient (Wildman–Crippen LogP) is 4.60. The zero-order valence-electron chi connectivity index (χ0n) is 12.1. The Labute approximate surface area is 144 Å². The lowest BCUT2D eigenvalue weighted by atomic mass is 10.1. The molecule has 1 atom stereocenters. The first-order chi connectivity index (χ1) is 11.0. The molecular formula is C15H13BrF2N4S. The normalized spacial score (nSPS) is 12.3. The molecule has 0 fully saturated rings. The highest BCUT2D eigenvalue weighted by Gasteiger charge is 2.13. The summed E-state index contributed by atoms with van der Waals surface area (Å²) in [6.45, 7) is 2.42. The zero-order chi connectivity index (χ0) is 16.4. The molecule has 3 rings (SSSR count). The topological polar surface area (TPSA) is 42.7 Å². The summed E-state index contributed by atoms with van der Waals surface area (Å²) in [7, 11) is 0. The summed E-state index contributed by atoms with van der Waals surface area (Å²) < 4.78 is 29.5. The van der Waals surface area contributed by atoms with Crippen LogP contribution in [-0.2, 0) is 6.54 Å². The monoisotopic (exact) mass is 398 g/mol. The second-order valence-electron chi connectivity index (χ2n) is 5.02. The van der Waals surface area contributed by atoms with Gasteiger partial charge in [0.1, 0.15) is 11.6 Å². The molecule has 0 saturated heterocycles. The largest absolute Gasteiger partial charge is 0.355 e. The molecule has 2 heterocycles. The average molecular weight is 399 g/mol. The van der Waals surface area contributed by atoms with Crippen LogP contribution in [0.3, 0.4) is 0 Å². The standard InChI is InChI=1S/C15H13BrF2N4S/c1-9(13-3-2-11(17)4-14(13)18)21-15-19-6-12(23-15)8-22-7-10(16)5-20-22/h2-7,9H,8H2,1H3,(H,19,21). The van der Waals surface area contributed by atoms with Gasteiger partial charge in [-0.15, -0.1) is 11.3 Å². The van der Waals surface area contributed by atoms with Crippen LogP contribution in [0.15, 0.2) is 41.3 Å². The number of nitrogens with zero attached hydrogens (tertiary/aromatic N) is 3. The number of anilines is 1. The van der Waals surface area contributed by atoms with E-state index >= 15 is 0 Å². The number of thiazole rings is 1. The van der Waals surface area contributed by atoms with E-state index in [1.807, 2.05) is 13.1 Å². The van der Waals surface area contributed by atoms with Crippen LogP contribution < -0.4 is 5.32 Å². The number of halogens is 3. The van der Waals surface area contributed by atoms with Crippen molar-refractivity contribution < 1.29 is 8.78 Å². The first-order valence-electron chi connectivity index (χ1n) is 6.85. The number of aromatic nitrogens is 3. The van der Waals surface area contributed by atoms with Gasteiger partial charge >= 0.3 is 0 Å². The maximum Gasteiger partial charge on any atom is 0.183 e. The van der Waals surface area contributed by atoms with Gasteiger partial charge in [-0.1, -0.05) is 6.07 Å². The van der Waals surface area contributed by atoms with Gasteiger partial charge in [-0.3, -0.25) is 4.68 Å². The number of hydrogen-bond acceptors (Lipinski definition) is 4. The van der Waals surface area contributed by atoms with Gasteiger partial charge < -0.3 is 5.32 Å². The van der Waals surface area contributed by atoms with E-state index in [0.29, 0.717) is 17.2 Å². The van der Waals surface area contributed by atoms with E-state index in [4.69, 9.17) is 0 Å². The van der Waals surface area contributed by atoms with Crippen molar-refractivity contribution in [2.24, 2.45) is 0 Å². The molecule has 8 heteroatoms. The zero-order valence-corrected chi connectivity index (χ0v) is 14.5. The van der Waals surface area contributed by atoms with E-state index in [0.717, 1.165) is 15.4 Å². The third-order valence-electron chi connectivity index (χ3n) is 3.24. The summed E-state index contributed by atoms with van der Waals surface area (Å²) in [4.78, 5) is 5.31. The molecule has 0 bridgehead atoms. The first-order valence-corrected chi connectivity index (χ1v) is 8.46. The van der Waals surface area contributed by atoms with E-state index in [-0.39, 0.29) is 6.04 Å². The number of benzene rings is 1. The highest BCUT2D eigenvalue weighted by molar-refractivity contribution is 9.10. The smallest absolute Gasteiger partial charge is 0.183 e. The van der Waals surface area contributed by atoms with Gasteiger partial charge in [0.2, 0.25) is 0 Å². The van der Waals surface area contributed by atoms with E-state index < -0.39 is 11.6 Å². The van der Waals surface area contributed by atoms with Gasteiger partial charge in [0.25, 0.3) is 0 Å². The van der Waals surface area contributed by atoms with E-state index in [2.05, 4.69) is 31.3 Å². The highest BCUT2D eigenvalue weighted by Crippen LogP contribution is 2.26. The Morgan fingerprint density at radius 1 is 1.35 bits per heavy atom. The third kappa shape index (κ3) is 3.94. The lowest BCUT2D eigenvalue weighted by molar-refractivity contribution is 0.566. The molecule has 0 radical (unpaired) electrons. The second-order valence-corrected chi connectivity index (χ2v) is 7.05. The van der Waals surface area contributed by atoms with Crippen LogP contribution in [0.25, 0.3) is 0 Å². The molecule has 120 valence electrons. The van der Waals surface area contributed by atoms with Gasteiger partial charge in [0, 0.05) is 28.9 Å². The van der Waals surface area contributed by atoms with E-state index in [1.165, 1.54) is 23.5 Å². The molecule has 2 aromatic heterocycles. The summed E-state index contributed by atoms with van der Waals surface area (Å²) in [6.07, 6.45) is 5.36. The van der Waals surface area contributed by atoms with Gasteiger partial charge in [-0.25, -0.2) is 13.8 Å². The lowest BCUT2D eigenvalue weighted by Gasteiger charge is -2.14. The molecule has 23 heavy (non-hydrogen) atoms. The molecule has 0 spiro atoms. The first kappa shape index (κ1) is 16.1. The Balaban J connectivity index is 1.68. The maximum atomic E-state index is 13.8. The number of hydrogen-bond donors (Lipinski definition) is 1. The van der Waals surface area contributed by atoms with Crippen molar-refractivity contribution in [3.63, 3.8) is 0 Å². The molecule has 1 unspecified atom stereocenters. The van der Waals surface area contributed by atoms with Crippen LogP contribution in [0.2, 0.25) is 0 Å². The molecule has 1 N–H and O–H groups in total. The molecular weight excluding hydrogens is 386 g/mol. The Hall–Kier alpha value is -1.80. The minimum Gasteiger partial charge on any atom is -0.355 e. The lowest BCUT2D eigenvalue weighted by Crippen LogP contribution is -2.08. The second kappa shape index (κ2) is 6.76. The Morgan fingerprint density at radius 2 is 2.17 bits per heavy atom. The van der Waals surface area contributed by atoms with Crippen molar-refractivity contribution in [2.75, 3.05) is 5.32 Å². The molecule has 0 aliphatic heterocycles. The molecule has 0 amide bonds. The molecule has 0 aliphatic carbocycles. The highest BCUT2D eigenvalue weighted by atomic mass is 79.9. The minimum atomic E-state index is -0.583. The van der Waals surface area contributed by atoms with Crippen molar-refractivity contribution in [1.29, 1.82) is 0 Å². The Kier molecular flexibility index (Phi) is 4.72. The predicted molar refractivity (Wildman–Crippen MR) is 89.5 cm³/mol. The van der Waals surface area contributed by atoms with Crippen LogP contribution in [0.4, 0.5) is 13.9 Å². The van der Waals surface area contributed by atoms with E-state index in [1.54, 1.807) is 17.1 Å². The minimum absolute atomic E-state index is 0.312. The number of nitrogens with one attached hydrogen (secondary N) is 1. The van der Waals surface area contributed by atoms with Crippen LogP contribution in [0.5, 0.6) is 0 Å². The summed E-state index contributed by atoms with van der Waals surface area (Å²) >= 11 is 4.83. The van der Waals surface area contributed by atoms with Gasteiger partial charge in [-0.2, -0.15) is 5.10 Å². The Bertz CT molecular complexity index is 817. The van der Waals surface area contributed by atoms with Crippen molar-refractivity contribution >= 4 is 32.4 Å². The maximum absolute atomic E-state index is 13.8. The van der Waals surface area contributed by atoms with Gasteiger partial charge in [0.05, 0.1) is 23.3 Å². The summed E-state index contributed by atoms with van der Waals surface area (Å²) in [5.74, 6) is -1.15. The van der Waals surface area contributed by atoms with Crippen molar-refractivity contribution in [3.05, 3.63) is 63.3 Å². The van der Waals surface area contributed by atoms with Crippen LogP contribution in [0.1, 0.15) is 23.4 Å². The summed E-state index contributed by atoms with van der Waals surface area (Å²) in [5, 5.41) is 8.01. The Morgan fingerprint density at radius 3 is 2.87 bits per heavy atom. The summed E-state index contributed by atoms with van der Waals surface area (Å²) in [5.41, 5.74) is 0.402. The fraction of sp³-hybridized carbons (Fsp3) is 0.200. The average Bonchev–Trinajstić information content (AvgIpc) is 3.08. The van der Waals surface area contributed by atoms with Crippen LogP contribution >= 0.6 is 27.3 Å². The third-order valence-corrected chi connectivity index (χ3v) is 4.56. The van der Waals surface area contributed by atoms with Crippen LogP contribution in [0, 0.1) is 11.6 Å². The quantitative estimate of drug-likeness (QED) is 0.682. The number of rotatable bonds is 5. The molecule has 4 nitrogen and oxygen atoms in total. The molecule has 1 aromatic carbocycles. The fourth-order valence-electron chi connectivity index (χ4n) is 2.15. The molecule has 3 aromatic rings. The van der Waals surface area contributed by atoms with Crippen molar-refractivity contribution in [2.45, 2.75) is 19.5 Å². The van der Waals surface area contributed by atoms with Crippen LogP contribution in [-0.4, -0.2) is 14.8 Å². The molecule has 0 aliphatic rings. The molecule has 0 saturated carbocycles. The van der Waals surface area contributed by atoms with Crippen molar-refractivity contribution in [1.82, 2.24) is 14.8 Å². The SMILES string of the molecule is CC(Nc1ncc(Cn2cc(Br)cn2)s1)c1ccc(F)cc1F. The van der Waals surface area contributed by atoms with Crippen molar-refractivity contribution in [3.8, 4) is 0 Å². The van der Waals surface area contributed by atoms with E-state index in [9.17, 15) is 8.78 Å². The summed E-state index contributed by atoms with van der Waals surface area (Å²) in [6, 6.07) is 3.27. The fourth-order valence-corrected chi connectivity index (χ4v) is 3.37. The van der Waals surface area contributed by atoms with Gasteiger partial charge in [0.15, 0.2) is 5.13 Å².